The van der Waals surface area contributed by atoms with E-state index in [9.17, 15) is 9.59 Å². The highest BCUT2D eigenvalue weighted by Gasteiger charge is 2.44. The zero-order valence-electron chi connectivity index (χ0n) is 13.2. The summed E-state index contributed by atoms with van der Waals surface area (Å²) in [7, 11) is 1.33. The Kier molecular flexibility index (Phi) is 5.01. The highest BCUT2D eigenvalue weighted by molar-refractivity contribution is 7.99. The van der Waals surface area contributed by atoms with Crippen molar-refractivity contribution in [3.63, 3.8) is 0 Å². The topological polar surface area (TPSA) is 55.8 Å². The van der Waals surface area contributed by atoms with Gasteiger partial charge in [0.1, 0.15) is 17.0 Å². The van der Waals surface area contributed by atoms with Gasteiger partial charge in [0.25, 0.3) is 0 Å². The Balaban J connectivity index is 2.30. The molecule has 0 aromatic heterocycles. The fourth-order valence-corrected chi connectivity index (χ4v) is 3.64. The van der Waals surface area contributed by atoms with E-state index in [2.05, 4.69) is 0 Å². The van der Waals surface area contributed by atoms with Gasteiger partial charge in [-0.05, 0) is 26.3 Å². The van der Waals surface area contributed by atoms with Crippen molar-refractivity contribution < 1.29 is 19.1 Å². The van der Waals surface area contributed by atoms with Gasteiger partial charge in [0.05, 0.1) is 7.11 Å². The third-order valence-corrected chi connectivity index (χ3v) is 4.49. The molecule has 5 nitrogen and oxygen atoms in total. The molecule has 0 N–H and O–H groups in total. The van der Waals surface area contributed by atoms with Gasteiger partial charge in [0.2, 0.25) is 0 Å². The van der Waals surface area contributed by atoms with E-state index in [1.54, 1.807) is 20.8 Å². The average molecular weight is 323 g/mol. The van der Waals surface area contributed by atoms with Gasteiger partial charge in [-0.25, -0.2) is 9.59 Å². The van der Waals surface area contributed by atoms with E-state index in [0.29, 0.717) is 5.75 Å². The second-order valence-corrected chi connectivity index (χ2v) is 7.14. The van der Waals surface area contributed by atoms with Crippen LogP contribution in [-0.2, 0) is 14.3 Å². The maximum absolute atomic E-state index is 12.6. The van der Waals surface area contributed by atoms with Gasteiger partial charge >= 0.3 is 12.1 Å². The van der Waals surface area contributed by atoms with Crippen molar-refractivity contribution in [3.05, 3.63) is 35.9 Å². The highest BCUT2D eigenvalue weighted by atomic mass is 32.2. The number of rotatable bonds is 2. The van der Waals surface area contributed by atoms with E-state index < -0.39 is 23.7 Å². The Labute approximate surface area is 135 Å². The van der Waals surface area contributed by atoms with Gasteiger partial charge in [0, 0.05) is 5.75 Å². The highest BCUT2D eigenvalue weighted by Crippen LogP contribution is 2.42. The summed E-state index contributed by atoms with van der Waals surface area (Å²) in [4.78, 5) is 26.0. The van der Waals surface area contributed by atoms with Crippen LogP contribution in [0.15, 0.2) is 30.3 Å². The van der Waals surface area contributed by atoms with Crippen molar-refractivity contribution in [2.75, 3.05) is 12.9 Å². The molecule has 1 aliphatic heterocycles. The number of nitrogens with zero attached hydrogens (tertiary/aromatic N) is 1. The van der Waals surface area contributed by atoms with Crippen molar-refractivity contribution in [3.8, 4) is 0 Å². The van der Waals surface area contributed by atoms with Gasteiger partial charge < -0.3 is 9.47 Å². The van der Waals surface area contributed by atoms with E-state index in [1.165, 1.54) is 23.8 Å². The summed E-state index contributed by atoms with van der Waals surface area (Å²) in [5.74, 6) is 0.0719. The summed E-state index contributed by atoms with van der Waals surface area (Å²) in [6.45, 7) is 5.41. The Hall–Kier alpha value is -1.69. The molecule has 1 fully saturated rings. The van der Waals surface area contributed by atoms with Crippen molar-refractivity contribution in [2.24, 2.45) is 0 Å². The quantitative estimate of drug-likeness (QED) is 0.782. The van der Waals surface area contributed by atoms with Crippen LogP contribution < -0.4 is 0 Å². The molecule has 6 heteroatoms. The van der Waals surface area contributed by atoms with E-state index >= 15 is 0 Å². The van der Waals surface area contributed by atoms with Gasteiger partial charge in [-0.15, -0.1) is 11.8 Å². The van der Waals surface area contributed by atoms with Crippen LogP contribution in [0.4, 0.5) is 4.79 Å². The van der Waals surface area contributed by atoms with Crippen LogP contribution in [0, 0.1) is 0 Å². The Bertz CT molecular complexity index is 541. The lowest BCUT2D eigenvalue weighted by molar-refractivity contribution is -0.145. The van der Waals surface area contributed by atoms with E-state index in [1.807, 2.05) is 30.3 Å². The molecule has 2 atom stereocenters. The summed E-state index contributed by atoms with van der Waals surface area (Å²) in [5.41, 5.74) is 0.344. The molecule has 1 aromatic rings. The molecule has 1 heterocycles. The molecule has 0 radical (unpaired) electrons. The molecule has 1 aromatic carbocycles. The average Bonchev–Trinajstić information content (AvgIpc) is 2.90. The number of ether oxygens (including phenoxy) is 2. The number of hydrogen-bond acceptors (Lipinski definition) is 5. The number of benzene rings is 1. The molecular formula is C16H21NO4S. The summed E-state index contributed by atoms with van der Waals surface area (Å²) in [5, 5.41) is -0.250. The predicted octanol–water partition coefficient (Wildman–Crippen LogP) is 3.21. The molecule has 0 bridgehead atoms. The first-order valence-corrected chi connectivity index (χ1v) is 8.14. The minimum Gasteiger partial charge on any atom is -0.467 e. The van der Waals surface area contributed by atoms with Crippen molar-refractivity contribution in [1.29, 1.82) is 0 Å². The molecule has 0 spiro atoms. The number of thioether (sulfide) groups is 1. The molecule has 0 unspecified atom stereocenters. The monoisotopic (exact) mass is 323 g/mol. The van der Waals surface area contributed by atoms with E-state index in [4.69, 9.17) is 9.47 Å². The number of amides is 1. The first-order valence-electron chi connectivity index (χ1n) is 7.09. The molecule has 1 amide bonds. The second-order valence-electron chi connectivity index (χ2n) is 6.02. The normalized spacial score (nSPS) is 21.5. The molecule has 120 valence electrons. The zero-order chi connectivity index (χ0) is 16.3. The standard InChI is InChI=1S/C16H21NO4S/c1-16(2,3)21-15(19)17-12(14(18)20-4)10-22-13(17)11-8-6-5-7-9-11/h5-9,12-13H,10H2,1-4H3/t12-,13+/m0/s1. The third-order valence-electron chi connectivity index (χ3n) is 3.16. The molecule has 1 aliphatic rings. The molecule has 1 saturated heterocycles. The van der Waals surface area contributed by atoms with Crippen molar-refractivity contribution in [1.82, 2.24) is 4.90 Å². The molecule has 0 saturated carbocycles. The van der Waals surface area contributed by atoms with Crippen LogP contribution in [-0.4, -0.2) is 41.5 Å². The first kappa shape index (κ1) is 16.7. The minimum absolute atomic E-state index is 0.250. The minimum atomic E-state index is -0.630. The molecule has 2 rings (SSSR count). The Morgan fingerprint density at radius 2 is 1.86 bits per heavy atom. The fourth-order valence-electron chi connectivity index (χ4n) is 2.24. The number of carbonyl (C=O) groups is 2. The molecule has 22 heavy (non-hydrogen) atoms. The van der Waals surface area contributed by atoms with Gasteiger partial charge in [-0.3, -0.25) is 4.90 Å². The van der Waals surface area contributed by atoms with Crippen molar-refractivity contribution >= 4 is 23.8 Å². The van der Waals surface area contributed by atoms with E-state index in [0.717, 1.165) is 5.56 Å². The maximum Gasteiger partial charge on any atom is 0.412 e. The Morgan fingerprint density at radius 1 is 1.23 bits per heavy atom. The maximum atomic E-state index is 12.6. The number of hydrogen-bond donors (Lipinski definition) is 0. The third kappa shape index (κ3) is 3.74. The van der Waals surface area contributed by atoms with Crippen LogP contribution in [0.5, 0.6) is 0 Å². The lowest BCUT2D eigenvalue weighted by atomic mass is 10.2. The fraction of sp³-hybridized carbons (Fsp3) is 0.500. The number of carbonyl (C=O) groups excluding carboxylic acids is 2. The van der Waals surface area contributed by atoms with Gasteiger partial charge in [-0.1, -0.05) is 30.3 Å². The summed E-state index contributed by atoms with van der Waals surface area (Å²) < 4.78 is 10.3. The predicted molar refractivity (Wildman–Crippen MR) is 85.5 cm³/mol. The van der Waals surface area contributed by atoms with Crippen LogP contribution in [0.3, 0.4) is 0 Å². The summed E-state index contributed by atoms with van der Waals surface area (Å²) in [6.07, 6.45) is -0.498. The van der Waals surface area contributed by atoms with Crippen LogP contribution >= 0.6 is 11.8 Å². The zero-order valence-corrected chi connectivity index (χ0v) is 14.1. The lowest BCUT2D eigenvalue weighted by Crippen LogP contribution is -2.45. The smallest absolute Gasteiger partial charge is 0.412 e. The lowest BCUT2D eigenvalue weighted by Gasteiger charge is -2.30. The first-order chi connectivity index (χ1) is 10.3. The van der Waals surface area contributed by atoms with Gasteiger partial charge in [-0.2, -0.15) is 0 Å². The summed E-state index contributed by atoms with van der Waals surface area (Å²) >= 11 is 1.53. The largest absolute Gasteiger partial charge is 0.467 e. The van der Waals surface area contributed by atoms with Crippen LogP contribution in [0.1, 0.15) is 31.7 Å². The SMILES string of the molecule is COC(=O)[C@@H]1CS[C@H](c2ccccc2)N1C(=O)OC(C)(C)C. The number of esters is 1. The molecular weight excluding hydrogens is 302 g/mol. The van der Waals surface area contributed by atoms with Crippen LogP contribution in [0.25, 0.3) is 0 Å². The second kappa shape index (κ2) is 6.60. The Morgan fingerprint density at radius 3 is 2.41 bits per heavy atom. The van der Waals surface area contributed by atoms with Crippen LogP contribution in [0.2, 0.25) is 0 Å². The van der Waals surface area contributed by atoms with Crippen molar-refractivity contribution in [2.45, 2.75) is 37.8 Å². The van der Waals surface area contributed by atoms with E-state index in [-0.39, 0.29) is 5.37 Å². The number of methoxy groups -OCH3 is 1. The molecule has 0 aliphatic carbocycles. The summed E-state index contributed by atoms with van der Waals surface area (Å²) in [6, 6.07) is 8.99. The van der Waals surface area contributed by atoms with Gasteiger partial charge in [0.15, 0.2) is 0 Å².